The van der Waals surface area contributed by atoms with Crippen molar-refractivity contribution < 1.29 is 21.9 Å². The van der Waals surface area contributed by atoms with E-state index in [4.69, 9.17) is 4.74 Å². The number of sulfonamides is 1. The third kappa shape index (κ3) is 3.51. The molecule has 0 unspecified atom stereocenters. The van der Waals surface area contributed by atoms with Crippen molar-refractivity contribution in [2.75, 3.05) is 11.8 Å². The molecule has 0 aliphatic rings. The van der Waals surface area contributed by atoms with Gasteiger partial charge < -0.3 is 4.74 Å². The van der Waals surface area contributed by atoms with E-state index in [1.165, 1.54) is 25.3 Å². The molecule has 0 fully saturated rings. The van der Waals surface area contributed by atoms with Crippen molar-refractivity contribution in [3.63, 3.8) is 0 Å². The number of anilines is 1. The molecule has 0 aliphatic carbocycles. The number of rotatable bonds is 4. The Balaban J connectivity index is 2.35. The maximum atomic E-state index is 13.7. The highest BCUT2D eigenvalue weighted by molar-refractivity contribution is 9.10. The molecule has 21 heavy (non-hydrogen) atoms. The van der Waals surface area contributed by atoms with Gasteiger partial charge in [-0.1, -0.05) is 15.9 Å². The Hall–Kier alpha value is -1.67. The highest BCUT2D eigenvalue weighted by Gasteiger charge is 2.20. The molecule has 0 aliphatic heterocycles. The van der Waals surface area contributed by atoms with E-state index >= 15 is 0 Å². The fourth-order valence-corrected chi connectivity index (χ4v) is 3.08. The number of benzene rings is 2. The van der Waals surface area contributed by atoms with E-state index in [2.05, 4.69) is 20.7 Å². The molecule has 0 bridgehead atoms. The Morgan fingerprint density at radius 2 is 1.81 bits per heavy atom. The topological polar surface area (TPSA) is 55.4 Å². The molecule has 2 aromatic rings. The zero-order chi connectivity index (χ0) is 15.6. The van der Waals surface area contributed by atoms with Crippen LogP contribution in [0.4, 0.5) is 14.5 Å². The van der Waals surface area contributed by atoms with Crippen LogP contribution in [0.1, 0.15) is 0 Å². The minimum absolute atomic E-state index is 0.0206. The predicted molar refractivity (Wildman–Crippen MR) is 77.9 cm³/mol. The first kappa shape index (κ1) is 15.7. The van der Waals surface area contributed by atoms with E-state index in [1.54, 1.807) is 0 Å². The van der Waals surface area contributed by atoms with E-state index in [-0.39, 0.29) is 11.4 Å². The normalized spacial score (nSPS) is 11.2. The number of methoxy groups -OCH3 is 1. The minimum atomic E-state index is -4.15. The molecule has 4 nitrogen and oxygen atoms in total. The van der Waals surface area contributed by atoms with E-state index in [0.717, 1.165) is 18.2 Å². The second-order valence-electron chi connectivity index (χ2n) is 4.03. The van der Waals surface area contributed by atoms with Crippen LogP contribution >= 0.6 is 15.9 Å². The van der Waals surface area contributed by atoms with Gasteiger partial charge in [0.25, 0.3) is 10.0 Å². The van der Waals surface area contributed by atoms with Crippen LogP contribution in [-0.4, -0.2) is 15.5 Å². The van der Waals surface area contributed by atoms with Crippen molar-refractivity contribution in [3.05, 3.63) is 52.5 Å². The average molecular weight is 378 g/mol. The molecule has 0 heterocycles. The Morgan fingerprint density at radius 1 is 1.10 bits per heavy atom. The molecule has 2 aromatic carbocycles. The Morgan fingerprint density at radius 3 is 2.38 bits per heavy atom. The quantitative estimate of drug-likeness (QED) is 0.886. The summed E-state index contributed by atoms with van der Waals surface area (Å²) < 4.78 is 58.6. The van der Waals surface area contributed by atoms with Crippen LogP contribution in [0, 0.1) is 11.6 Å². The van der Waals surface area contributed by atoms with Crippen LogP contribution in [0.25, 0.3) is 0 Å². The smallest absolute Gasteiger partial charge is 0.264 e. The van der Waals surface area contributed by atoms with Gasteiger partial charge in [0.1, 0.15) is 10.7 Å². The van der Waals surface area contributed by atoms with Gasteiger partial charge in [-0.15, -0.1) is 0 Å². The molecule has 1 N–H and O–H groups in total. The van der Waals surface area contributed by atoms with Gasteiger partial charge in [-0.05, 0) is 30.3 Å². The molecule has 2 rings (SSSR count). The van der Waals surface area contributed by atoms with Gasteiger partial charge in [0.05, 0.1) is 12.8 Å². The summed E-state index contributed by atoms with van der Waals surface area (Å²) >= 11 is 3.04. The van der Waals surface area contributed by atoms with Gasteiger partial charge in [-0.25, -0.2) is 17.2 Å². The van der Waals surface area contributed by atoms with Crippen LogP contribution in [0.5, 0.6) is 5.75 Å². The third-order valence-corrected chi connectivity index (χ3v) is 4.50. The van der Waals surface area contributed by atoms with E-state index < -0.39 is 26.6 Å². The number of nitrogens with one attached hydrogen (secondary N) is 1. The molecule has 0 atom stereocenters. The first-order valence-electron chi connectivity index (χ1n) is 5.65. The number of hydrogen-bond donors (Lipinski definition) is 1. The third-order valence-electron chi connectivity index (χ3n) is 2.59. The number of halogens is 3. The lowest BCUT2D eigenvalue weighted by Gasteiger charge is -2.10. The second kappa shape index (κ2) is 5.98. The van der Waals surface area contributed by atoms with Crippen LogP contribution < -0.4 is 9.46 Å². The SMILES string of the molecule is COc1ccc(NS(=O)(=O)c2ccc(Br)cc2F)cc1F. The monoisotopic (exact) mass is 377 g/mol. The molecule has 112 valence electrons. The summed E-state index contributed by atoms with van der Waals surface area (Å²) in [6.45, 7) is 0. The summed E-state index contributed by atoms with van der Waals surface area (Å²) in [6.07, 6.45) is 0. The highest BCUT2D eigenvalue weighted by Crippen LogP contribution is 2.25. The molecule has 0 saturated carbocycles. The standard InChI is InChI=1S/C13H10BrF2NO3S/c1-20-12-4-3-9(7-10(12)15)17-21(18,19)13-5-2-8(14)6-11(13)16/h2-7,17H,1H3. The summed E-state index contributed by atoms with van der Waals surface area (Å²) in [5.41, 5.74) is -0.0318. The maximum Gasteiger partial charge on any atom is 0.264 e. The van der Waals surface area contributed by atoms with Crippen molar-refractivity contribution in [1.82, 2.24) is 0 Å². The van der Waals surface area contributed by atoms with Crippen LogP contribution in [0.2, 0.25) is 0 Å². The maximum absolute atomic E-state index is 13.7. The summed E-state index contributed by atoms with van der Waals surface area (Å²) in [6, 6.07) is 7.07. The molecule has 0 radical (unpaired) electrons. The number of ether oxygens (including phenoxy) is 1. The Labute approximate surface area is 128 Å². The molecule has 8 heteroatoms. The predicted octanol–water partition coefficient (Wildman–Crippen LogP) is 3.54. The highest BCUT2D eigenvalue weighted by atomic mass is 79.9. The van der Waals surface area contributed by atoms with Crippen molar-refractivity contribution in [2.24, 2.45) is 0 Å². The van der Waals surface area contributed by atoms with Gasteiger partial charge in [-0.2, -0.15) is 0 Å². The first-order chi connectivity index (χ1) is 9.83. The lowest BCUT2D eigenvalue weighted by molar-refractivity contribution is 0.386. The molecule has 0 amide bonds. The van der Waals surface area contributed by atoms with Crippen molar-refractivity contribution in [1.29, 1.82) is 0 Å². The molecule has 0 spiro atoms. The van der Waals surface area contributed by atoms with Crippen molar-refractivity contribution in [2.45, 2.75) is 4.90 Å². The molecule has 0 aromatic heterocycles. The molecule has 0 saturated heterocycles. The van der Waals surface area contributed by atoms with Crippen LogP contribution in [0.3, 0.4) is 0 Å². The molecular formula is C13H10BrF2NO3S. The number of hydrogen-bond acceptors (Lipinski definition) is 3. The Kier molecular flexibility index (Phi) is 4.48. The zero-order valence-corrected chi connectivity index (χ0v) is 13.1. The fourth-order valence-electron chi connectivity index (χ4n) is 1.63. The summed E-state index contributed by atoms with van der Waals surface area (Å²) in [7, 11) is -2.86. The van der Waals surface area contributed by atoms with E-state index in [0.29, 0.717) is 4.47 Å². The molecular weight excluding hydrogens is 368 g/mol. The lowest BCUT2D eigenvalue weighted by atomic mass is 10.3. The van der Waals surface area contributed by atoms with Crippen LogP contribution in [-0.2, 0) is 10.0 Å². The summed E-state index contributed by atoms with van der Waals surface area (Å²) in [4.78, 5) is -0.526. The second-order valence-corrected chi connectivity index (χ2v) is 6.60. The van der Waals surface area contributed by atoms with Crippen LogP contribution in [0.15, 0.2) is 45.8 Å². The lowest BCUT2D eigenvalue weighted by Crippen LogP contribution is -2.14. The summed E-state index contributed by atoms with van der Waals surface area (Å²) in [5.74, 6) is -1.66. The van der Waals surface area contributed by atoms with Gasteiger partial charge in [0, 0.05) is 10.5 Å². The first-order valence-corrected chi connectivity index (χ1v) is 7.92. The largest absolute Gasteiger partial charge is 0.494 e. The zero-order valence-electron chi connectivity index (χ0n) is 10.7. The minimum Gasteiger partial charge on any atom is -0.494 e. The van der Waals surface area contributed by atoms with Gasteiger partial charge >= 0.3 is 0 Å². The van der Waals surface area contributed by atoms with Gasteiger partial charge in [0.15, 0.2) is 11.6 Å². The summed E-state index contributed by atoms with van der Waals surface area (Å²) in [5, 5.41) is 0. The van der Waals surface area contributed by atoms with E-state index in [9.17, 15) is 17.2 Å². The van der Waals surface area contributed by atoms with Gasteiger partial charge in [-0.3, -0.25) is 4.72 Å². The fraction of sp³-hybridized carbons (Fsp3) is 0.0769. The Bertz CT molecular complexity index is 781. The van der Waals surface area contributed by atoms with Crippen molar-refractivity contribution in [3.8, 4) is 5.75 Å². The average Bonchev–Trinajstić information content (AvgIpc) is 2.37. The van der Waals surface area contributed by atoms with Crippen molar-refractivity contribution >= 4 is 31.6 Å². The van der Waals surface area contributed by atoms with Gasteiger partial charge in [0.2, 0.25) is 0 Å². The van der Waals surface area contributed by atoms with E-state index in [1.807, 2.05) is 0 Å².